The fraction of sp³-hybridized carbons (Fsp3) is 0.571. The minimum absolute atomic E-state index is 0.165. The van der Waals surface area contributed by atoms with Gasteiger partial charge in [0.05, 0.1) is 4.88 Å². The van der Waals surface area contributed by atoms with E-state index in [0.717, 1.165) is 13.0 Å². The Balaban J connectivity index is 2.21. The lowest BCUT2D eigenvalue weighted by Crippen LogP contribution is -2.47. The van der Waals surface area contributed by atoms with Crippen molar-refractivity contribution in [3.8, 4) is 0 Å². The molecule has 0 aliphatic carbocycles. The van der Waals surface area contributed by atoms with E-state index < -0.39 is 0 Å². The summed E-state index contributed by atoms with van der Waals surface area (Å²) in [4.78, 5) is 12.4. The lowest BCUT2D eigenvalue weighted by Gasteiger charge is -2.17. The normalized spacial score (nSPS) is 11.7. The second-order valence-electron chi connectivity index (χ2n) is 4.68. The van der Waals surface area contributed by atoms with Gasteiger partial charge in [-0.3, -0.25) is 15.6 Å². The van der Waals surface area contributed by atoms with Gasteiger partial charge in [-0.15, -0.1) is 11.3 Å². The summed E-state index contributed by atoms with van der Waals surface area (Å²) in [5, 5.41) is 5.48. The molecule has 4 nitrogen and oxygen atoms in total. The lowest BCUT2D eigenvalue weighted by molar-refractivity contribution is 0.0947. The second-order valence-corrected chi connectivity index (χ2v) is 6.04. The zero-order chi connectivity index (χ0) is 14.8. The van der Waals surface area contributed by atoms with Gasteiger partial charge >= 0.3 is 0 Å². The Kier molecular flexibility index (Phi) is 8.22. The largest absolute Gasteiger partial charge is 0.361 e. The fourth-order valence-electron chi connectivity index (χ4n) is 1.81. The molecule has 1 heterocycles. The highest BCUT2D eigenvalue weighted by atomic mass is 32.1. The van der Waals surface area contributed by atoms with Crippen molar-refractivity contribution >= 4 is 34.6 Å². The minimum atomic E-state index is -0.165. The van der Waals surface area contributed by atoms with Crippen LogP contribution in [0, 0.1) is 5.92 Å². The van der Waals surface area contributed by atoms with Gasteiger partial charge in [0.1, 0.15) is 0 Å². The Bertz CT molecular complexity index is 407. The van der Waals surface area contributed by atoms with E-state index in [1.165, 1.54) is 30.6 Å². The first kappa shape index (κ1) is 16.9. The lowest BCUT2D eigenvalue weighted by atomic mass is 9.99. The molecule has 3 N–H and O–H groups in total. The number of hydrogen-bond acceptors (Lipinski definition) is 3. The van der Waals surface area contributed by atoms with Crippen LogP contribution in [-0.2, 0) is 0 Å². The highest BCUT2D eigenvalue weighted by Crippen LogP contribution is 2.11. The van der Waals surface area contributed by atoms with Gasteiger partial charge in [-0.1, -0.05) is 39.2 Å². The zero-order valence-electron chi connectivity index (χ0n) is 12.1. The predicted molar refractivity (Wildman–Crippen MR) is 88.8 cm³/mol. The molecule has 1 aromatic heterocycles. The molecule has 0 saturated heterocycles. The number of thiophene rings is 1. The van der Waals surface area contributed by atoms with Gasteiger partial charge in [-0.25, -0.2) is 0 Å². The Labute approximate surface area is 130 Å². The van der Waals surface area contributed by atoms with Gasteiger partial charge in [-0.2, -0.15) is 0 Å². The monoisotopic (exact) mass is 313 g/mol. The first-order chi connectivity index (χ1) is 9.67. The summed E-state index contributed by atoms with van der Waals surface area (Å²) >= 11 is 6.55. The predicted octanol–water partition coefficient (Wildman–Crippen LogP) is 3.07. The summed E-state index contributed by atoms with van der Waals surface area (Å²) < 4.78 is 0. The summed E-state index contributed by atoms with van der Waals surface area (Å²) in [6.45, 7) is 5.24. The molecule has 0 aliphatic heterocycles. The number of amides is 1. The molecule has 1 aromatic rings. The number of nitrogens with one attached hydrogen (secondary N) is 3. The Morgan fingerprint density at radius 3 is 2.80 bits per heavy atom. The van der Waals surface area contributed by atoms with Crippen LogP contribution in [0.15, 0.2) is 17.5 Å². The van der Waals surface area contributed by atoms with Crippen LogP contribution < -0.4 is 16.2 Å². The van der Waals surface area contributed by atoms with E-state index in [4.69, 9.17) is 12.2 Å². The highest BCUT2D eigenvalue weighted by Gasteiger charge is 2.08. The van der Waals surface area contributed by atoms with Gasteiger partial charge in [0.2, 0.25) is 0 Å². The minimum Gasteiger partial charge on any atom is -0.361 e. The first-order valence-electron chi connectivity index (χ1n) is 7.05. The molecular formula is C14H23N3OS2. The smallest absolute Gasteiger partial charge is 0.279 e. The summed E-state index contributed by atoms with van der Waals surface area (Å²) in [5.41, 5.74) is 5.32. The van der Waals surface area contributed by atoms with E-state index in [9.17, 15) is 4.79 Å². The maximum absolute atomic E-state index is 11.7. The third kappa shape index (κ3) is 6.34. The average Bonchev–Trinajstić information content (AvgIpc) is 2.99. The van der Waals surface area contributed by atoms with Crippen molar-refractivity contribution in [3.63, 3.8) is 0 Å². The van der Waals surface area contributed by atoms with Gasteiger partial charge < -0.3 is 5.32 Å². The summed E-state index contributed by atoms with van der Waals surface area (Å²) in [6, 6.07) is 3.62. The van der Waals surface area contributed by atoms with E-state index in [1.807, 2.05) is 11.4 Å². The van der Waals surface area contributed by atoms with Crippen molar-refractivity contribution < 1.29 is 4.79 Å². The van der Waals surface area contributed by atoms with E-state index in [0.29, 0.717) is 15.9 Å². The summed E-state index contributed by atoms with van der Waals surface area (Å²) in [7, 11) is 0. The van der Waals surface area contributed by atoms with Crippen LogP contribution >= 0.6 is 23.6 Å². The standard InChI is InChI=1S/C14H23N3OS2/c1-3-5-7-11(4-2)10-15-14(19)17-16-13(18)12-8-6-9-20-12/h6,8-9,11H,3-5,7,10H2,1-2H3,(H,16,18)(H2,15,17,19)/t11-/m1/s1. The quantitative estimate of drug-likeness (QED) is 0.535. The molecule has 0 spiro atoms. The van der Waals surface area contributed by atoms with Crippen LogP contribution in [0.2, 0.25) is 0 Å². The maximum atomic E-state index is 11.7. The molecule has 0 aromatic carbocycles. The number of carbonyl (C=O) groups excluding carboxylic acids is 1. The fourth-order valence-corrected chi connectivity index (χ4v) is 2.56. The number of unbranched alkanes of at least 4 members (excludes halogenated alkanes) is 1. The average molecular weight is 313 g/mol. The van der Waals surface area contributed by atoms with Crippen LogP contribution in [0.4, 0.5) is 0 Å². The molecule has 0 unspecified atom stereocenters. The molecule has 6 heteroatoms. The molecule has 1 amide bonds. The van der Waals surface area contributed by atoms with E-state index in [1.54, 1.807) is 6.07 Å². The molecule has 0 saturated carbocycles. The van der Waals surface area contributed by atoms with Crippen molar-refractivity contribution in [1.29, 1.82) is 0 Å². The third-order valence-electron chi connectivity index (χ3n) is 3.13. The Morgan fingerprint density at radius 2 is 2.20 bits per heavy atom. The van der Waals surface area contributed by atoms with Crippen molar-refractivity contribution in [1.82, 2.24) is 16.2 Å². The molecule has 0 aliphatic rings. The Hall–Kier alpha value is -1.14. The number of carbonyl (C=O) groups is 1. The van der Waals surface area contributed by atoms with E-state index in [-0.39, 0.29) is 5.91 Å². The molecule has 20 heavy (non-hydrogen) atoms. The molecule has 0 fully saturated rings. The molecular weight excluding hydrogens is 290 g/mol. The van der Waals surface area contributed by atoms with Crippen molar-refractivity contribution in [3.05, 3.63) is 22.4 Å². The maximum Gasteiger partial charge on any atom is 0.279 e. The highest BCUT2D eigenvalue weighted by molar-refractivity contribution is 7.80. The number of hydrogen-bond donors (Lipinski definition) is 3. The number of thiocarbonyl (C=S) groups is 1. The number of hydrazine groups is 1. The van der Waals surface area contributed by atoms with Gasteiger partial charge in [0.25, 0.3) is 5.91 Å². The molecule has 1 atom stereocenters. The van der Waals surface area contributed by atoms with Gasteiger partial charge in [-0.05, 0) is 36.0 Å². The van der Waals surface area contributed by atoms with Crippen molar-refractivity contribution in [2.45, 2.75) is 39.5 Å². The van der Waals surface area contributed by atoms with Gasteiger partial charge in [0, 0.05) is 6.54 Å². The second kappa shape index (κ2) is 9.72. The zero-order valence-corrected chi connectivity index (χ0v) is 13.7. The van der Waals surface area contributed by atoms with Crippen molar-refractivity contribution in [2.75, 3.05) is 6.54 Å². The number of rotatable bonds is 7. The van der Waals surface area contributed by atoms with E-state index in [2.05, 4.69) is 30.0 Å². The molecule has 1 rings (SSSR count). The summed E-state index contributed by atoms with van der Waals surface area (Å²) in [6.07, 6.45) is 4.81. The van der Waals surface area contributed by atoms with Crippen molar-refractivity contribution in [2.24, 2.45) is 5.92 Å². The van der Waals surface area contributed by atoms with Crippen LogP contribution in [0.1, 0.15) is 49.2 Å². The Morgan fingerprint density at radius 1 is 1.40 bits per heavy atom. The first-order valence-corrected chi connectivity index (χ1v) is 8.33. The van der Waals surface area contributed by atoms with Crippen LogP contribution in [0.3, 0.4) is 0 Å². The van der Waals surface area contributed by atoms with Gasteiger partial charge in [0.15, 0.2) is 5.11 Å². The molecule has 0 bridgehead atoms. The van der Waals surface area contributed by atoms with Crippen LogP contribution in [0.5, 0.6) is 0 Å². The molecule has 112 valence electrons. The third-order valence-corrected chi connectivity index (χ3v) is 4.24. The van der Waals surface area contributed by atoms with Crippen LogP contribution in [-0.4, -0.2) is 17.6 Å². The van der Waals surface area contributed by atoms with Crippen LogP contribution in [0.25, 0.3) is 0 Å². The molecule has 0 radical (unpaired) electrons. The summed E-state index contributed by atoms with van der Waals surface area (Å²) in [5.74, 6) is 0.463. The SMILES string of the molecule is CCCC[C@@H](CC)CNC(=S)NNC(=O)c1cccs1. The van der Waals surface area contributed by atoms with E-state index >= 15 is 0 Å². The topological polar surface area (TPSA) is 53.2 Å².